The molecule has 3 N–H and O–H groups in total. The Kier molecular flexibility index (Phi) is 4.50. The molecule has 23 heavy (non-hydrogen) atoms. The average Bonchev–Trinajstić information content (AvgIpc) is 2.91. The Hall–Kier alpha value is -1.36. The predicted molar refractivity (Wildman–Crippen MR) is 91.0 cm³/mol. The molecule has 1 saturated carbocycles. The summed E-state index contributed by atoms with van der Waals surface area (Å²) >= 11 is 0. The molecule has 5 heteroatoms. The third-order valence-electron chi connectivity index (χ3n) is 5.54. The van der Waals surface area contributed by atoms with Crippen LogP contribution in [0.1, 0.15) is 63.9 Å². The molecule has 0 saturated heterocycles. The Balaban J connectivity index is 1.49. The molecule has 1 aromatic heterocycles. The van der Waals surface area contributed by atoms with Crippen LogP contribution in [0.25, 0.3) is 0 Å². The fraction of sp³-hybridized carbons (Fsp3) is 0.778. The summed E-state index contributed by atoms with van der Waals surface area (Å²) in [5, 5.41) is 3.04. The normalized spacial score (nSPS) is 22.4. The van der Waals surface area contributed by atoms with Crippen molar-refractivity contribution in [2.45, 2.75) is 77.3 Å². The number of rotatable bonds is 4. The third kappa shape index (κ3) is 4.14. The molecule has 0 bridgehead atoms. The lowest BCUT2D eigenvalue weighted by Gasteiger charge is -2.41. The zero-order chi connectivity index (χ0) is 16.5. The van der Waals surface area contributed by atoms with E-state index in [1.165, 1.54) is 12.8 Å². The Bertz CT molecular complexity index is 542. The molecule has 2 aliphatic rings. The number of aryl methyl sites for hydroxylation is 2. The van der Waals surface area contributed by atoms with Gasteiger partial charge >= 0.3 is 0 Å². The number of nitrogens with one attached hydrogen (secondary N) is 1. The van der Waals surface area contributed by atoms with Crippen molar-refractivity contribution in [3.8, 4) is 0 Å². The van der Waals surface area contributed by atoms with Crippen molar-refractivity contribution in [2.75, 3.05) is 6.54 Å². The number of nitrogens with zero attached hydrogens (tertiary/aromatic N) is 2. The summed E-state index contributed by atoms with van der Waals surface area (Å²) < 4.78 is 2.19. The molecular weight excluding hydrogens is 288 g/mol. The van der Waals surface area contributed by atoms with E-state index in [1.54, 1.807) is 0 Å². The van der Waals surface area contributed by atoms with Gasteiger partial charge in [0.2, 0.25) is 5.91 Å². The summed E-state index contributed by atoms with van der Waals surface area (Å²) in [6.07, 6.45) is 10.1. The van der Waals surface area contributed by atoms with Crippen LogP contribution in [0.5, 0.6) is 0 Å². The summed E-state index contributed by atoms with van der Waals surface area (Å²) in [7, 11) is 0. The molecule has 1 fully saturated rings. The maximum absolute atomic E-state index is 12.2. The minimum Gasteiger partial charge on any atom is -0.354 e. The highest BCUT2D eigenvalue weighted by Gasteiger charge is 2.35. The Morgan fingerprint density at radius 3 is 2.74 bits per heavy atom. The molecule has 1 aliphatic carbocycles. The van der Waals surface area contributed by atoms with E-state index < -0.39 is 0 Å². The Morgan fingerprint density at radius 1 is 1.30 bits per heavy atom. The number of carbonyl (C=O) groups is 1. The van der Waals surface area contributed by atoms with E-state index >= 15 is 0 Å². The molecule has 1 aromatic rings. The van der Waals surface area contributed by atoms with Crippen LogP contribution in [0.15, 0.2) is 6.20 Å². The van der Waals surface area contributed by atoms with Crippen molar-refractivity contribution in [2.24, 2.45) is 11.1 Å². The second kappa shape index (κ2) is 6.27. The van der Waals surface area contributed by atoms with Crippen LogP contribution in [0.3, 0.4) is 0 Å². The molecule has 1 amide bonds. The highest BCUT2D eigenvalue weighted by molar-refractivity contribution is 5.78. The summed E-state index contributed by atoms with van der Waals surface area (Å²) in [5.74, 6) is 1.17. The van der Waals surface area contributed by atoms with Gasteiger partial charge in [-0.15, -0.1) is 0 Å². The quantitative estimate of drug-likeness (QED) is 0.893. The first-order chi connectivity index (χ1) is 10.9. The van der Waals surface area contributed by atoms with E-state index in [1.807, 2.05) is 6.20 Å². The van der Waals surface area contributed by atoms with Crippen molar-refractivity contribution >= 4 is 5.91 Å². The molecular formula is C18H30N4O. The van der Waals surface area contributed by atoms with Crippen LogP contribution < -0.4 is 11.1 Å². The topological polar surface area (TPSA) is 72.9 Å². The van der Waals surface area contributed by atoms with Crippen LogP contribution in [0, 0.1) is 5.41 Å². The van der Waals surface area contributed by atoms with Crippen molar-refractivity contribution < 1.29 is 4.79 Å². The zero-order valence-electron chi connectivity index (χ0n) is 14.5. The number of aromatic nitrogens is 2. The molecule has 0 spiro atoms. The minimum absolute atomic E-state index is 0.0371. The summed E-state index contributed by atoms with van der Waals surface area (Å²) in [6, 6.07) is 0. The van der Waals surface area contributed by atoms with Gasteiger partial charge in [0.1, 0.15) is 5.82 Å². The van der Waals surface area contributed by atoms with Gasteiger partial charge in [0.25, 0.3) is 0 Å². The van der Waals surface area contributed by atoms with Crippen LogP contribution in [-0.4, -0.2) is 27.5 Å². The Morgan fingerprint density at radius 2 is 2.04 bits per heavy atom. The summed E-state index contributed by atoms with van der Waals surface area (Å²) in [6.45, 7) is 6.21. The van der Waals surface area contributed by atoms with Crippen molar-refractivity contribution in [3.63, 3.8) is 0 Å². The second-order valence-electron chi connectivity index (χ2n) is 8.28. The fourth-order valence-electron chi connectivity index (χ4n) is 3.66. The van der Waals surface area contributed by atoms with Gasteiger partial charge in [0, 0.05) is 31.2 Å². The van der Waals surface area contributed by atoms with E-state index in [2.05, 4.69) is 28.7 Å². The maximum atomic E-state index is 12.2. The molecule has 128 valence electrons. The lowest BCUT2D eigenvalue weighted by molar-refractivity contribution is -0.120. The van der Waals surface area contributed by atoms with Crippen LogP contribution in [0.2, 0.25) is 0 Å². The highest BCUT2D eigenvalue weighted by atomic mass is 16.1. The highest BCUT2D eigenvalue weighted by Crippen LogP contribution is 2.38. The van der Waals surface area contributed by atoms with Crippen molar-refractivity contribution in [1.82, 2.24) is 14.9 Å². The number of nitrogens with two attached hydrogens (primary N) is 1. The molecule has 5 nitrogen and oxygen atoms in total. The van der Waals surface area contributed by atoms with Gasteiger partial charge in [0.15, 0.2) is 0 Å². The first-order valence-electron chi connectivity index (χ1n) is 8.96. The molecule has 0 unspecified atom stereocenters. The summed E-state index contributed by atoms with van der Waals surface area (Å²) in [4.78, 5) is 16.8. The first-order valence-corrected chi connectivity index (χ1v) is 8.96. The number of hydrogen-bond acceptors (Lipinski definition) is 3. The third-order valence-corrected chi connectivity index (χ3v) is 5.54. The number of amides is 1. The molecule has 0 aromatic carbocycles. The lowest BCUT2D eigenvalue weighted by atomic mass is 9.70. The fourth-order valence-corrected chi connectivity index (χ4v) is 3.66. The van der Waals surface area contributed by atoms with Gasteiger partial charge in [-0.3, -0.25) is 4.79 Å². The van der Waals surface area contributed by atoms with Crippen LogP contribution in [0.4, 0.5) is 0 Å². The monoisotopic (exact) mass is 318 g/mol. The molecule has 0 atom stereocenters. The van der Waals surface area contributed by atoms with E-state index in [0.717, 1.165) is 50.2 Å². The van der Waals surface area contributed by atoms with Crippen molar-refractivity contribution in [3.05, 3.63) is 17.7 Å². The SMILES string of the molecule is CC1(C)CCC(N)(CNC(=O)Cc2cn3c(n2)CCCC3)CC1. The smallest absolute Gasteiger partial charge is 0.226 e. The van der Waals surface area contributed by atoms with Crippen LogP contribution >= 0.6 is 0 Å². The number of carbonyl (C=O) groups excluding carboxylic acids is 1. The second-order valence-corrected chi connectivity index (χ2v) is 8.28. The molecule has 2 heterocycles. The largest absolute Gasteiger partial charge is 0.354 e. The van der Waals surface area contributed by atoms with Gasteiger partial charge in [-0.05, 0) is 43.9 Å². The predicted octanol–water partition coefficient (Wildman–Crippen LogP) is 2.18. The average molecular weight is 318 g/mol. The zero-order valence-corrected chi connectivity index (χ0v) is 14.5. The Labute approximate surface area is 139 Å². The van der Waals surface area contributed by atoms with E-state index in [9.17, 15) is 4.79 Å². The maximum Gasteiger partial charge on any atom is 0.226 e. The molecule has 0 radical (unpaired) electrons. The van der Waals surface area contributed by atoms with Gasteiger partial charge < -0.3 is 15.6 Å². The number of hydrogen-bond donors (Lipinski definition) is 2. The van der Waals surface area contributed by atoms with E-state index in [4.69, 9.17) is 5.73 Å². The van der Waals surface area contributed by atoms with Crippen molar-refractivity contribution in [1.29, 1.82) is 0 Å². The first kappa shape index (κ1) is 16.5. The van der Waals surface area contributed by atoms with E-state index in [-0.39, 0.29) is 11.4 Å². The molecule has 3 rings (SSSR count). The van der Waals surface area contributed by atoms with E-state index in [0.29, 0.717) is 18.4 Å². The number of fused-ring (bicyclic) bond motifs is 1. The summed E-state index contributed by atoms with van der Waals surface area (Å²) in [5.41, 5.74) is 7.51. The van der Waals surface area contributed by atoms with Gasteiger partial charge in [-0.1, -0.05) is 13.8 Å². The lowest BCUT2D eigenvalue weighted by Crippen LogP contribution is -2.53. The standard InChI is InChI=1S/C18H30N4O/c1-17(2)6-8-18(19,9-7-17)13-20-16(23)11-14-12-22-10-4-3-5-15(22)21-14/h12H,3-11,13,19H2,1-2H3,(H,20,23). The number of imidazole rings is 1. The molecule has 1 aliphatic heterocycles. The van der Waals surface area contributed by atoms with Gasteiger partial charge in [0.05, 0.1) is 12.1 Å². The van der Waals surface area contributed by atoms with Gasteiger partial charge in [-0.25, -0.2) is 4.98 Å². The van der Waals surface area contributed by atoms with Crippen LogP contribution in [-0.2, 0) is 24.2 Å². The minimum atomic E-state index is -0.237. The van der Waals surface area contributed by atoms with Gasteiger partial charge in [-0.2, -0.15) is 0 Å².